The van der Waals surface area contributed by atoms with Gasteiger partial charge in [-0.3, -0.25) is 19.2 Å². The first kappa shape index (κ1) is 36.8. The number of carboxylic acids is 4. The molecule has 4 aromatic rings. The van der Waals surface area contributed by atoms with Gasteiger partial charge in [-0.1, -0.05) is 68.8 Å². The first-order chi connectivity index (χ1) is 22.7. The van der Waals surface area contributed by atoms with Crippen LogP contribution >= 0.6 is 0 Å². The van der Waals surface area contributed by atoms with E-state index < -0.39 is 23.9 Å². The Labute approximate surface area is 291 Å². The summed E-state index contributed by atoms with van der Waals surface area (Å²) in [7, 11) is 0. The predicted octanol–water partition coefficient (Wildman–Crippen LogP) is 0.444. The minimum absolute atomic E-state index is 0. The van der Waals surface area contributed by atoms with E-state index in [1.807, 2.05) is 27.7 Å². The van der Waals surface area contributed by atoms with Crippen LogP contribution in [-0.2, 0) is 61.9 Å². The molecule has 4 N–H and O–H groups in total. The van der Waals surface area contributed by atoms with Crippen molar-refractivity contribution in [1.29, 1.82) is 0 Å². The molecular weight excluding hydrogens is 672 g/mol. The summed E-state index contributed by atoms with van der Waals surface area (Å²) in [6, 6.07) is 0. The number of hydrogen-bond acceptors (Lipinski definition) is 4. The van der Waals surface area contributed by atoms with Crippen LogP contribution in [0.3, 0.4) is 0 Å². The standard InChI is InChI=1S/C36H36N4O8.Fe/c1-17-21(5-9-33(41)42)29-14-26-19(3)23(7-11-35(45)46)31(39-26)16-28-20(4)24(8-12-36(47)48)32(40-28)15-27-18(2)22(6-10-34(43)44)30(38-27)13-25(17)37-29;/h13-16H,5-12H2,1-4H3,(H,41,42)(H,43,44)(H,45,46)(H,47,48);/q-4;+4/b25-13-,26-14?,27-15?,28-16-,29-14-,30-13?,31-16?,32-15-;. The molecule has 1 aliphatic heterocycles. The Balaban J connectivity index is 0.00000541. The summed E-state index contributed by atoms with van der Waals surface area (Å²) < 4.78 is 0. The Morgan fingerprint density at radius 3 is 1.02 bits per heavy atom. The molecule has 0 saturated carbocycles. The minimum atomic E-state index is -0.954. The molecule has 5 heterocycles. The van der Waals surface area contributed by atoms with Gasteiger partial charge in [-0.2, -0.15) is 0 Å². The van der Waals surface area contributed by atoms with Gasteiger partial charge in [-0.15, -0.1) is 44.2 Å². The number of hydrogen-bond donors (Lipinski definition) is 4. The summed E-state index contributed by atoms with van der Waals surface area (Å²) in [5.41, 5.74) is 8.16. The number of carboxylic acid groups (broad SMARTS) is 4. The summed E-state index contributed by atoms with van der Waals surface area (Å²) in [5.74, 6) is -3.82. The zero-order valence-electron chi connectivity index (χ0n) is 27.5. The second kappa shape index (κ2) is 15.0. The van der Waals surface area contributed by atoms with Crippen LogP contribution in [0.4, 0.5) is 0 Å². The van der Waals surface area contributed by atoms with E-state index in [0.717, 1.165) is 44.5 Å². The minimum Gasteiger partial charge on any atom is -0.657 e. The Hall–Kier alpha value is -5.00. The van der Waals surface area contributed by atoms with Crippen molar-refractivity contribution in [3.05, 3.63) is 88.7 Å². The topological polar surface area (TPSA) is 206 Å². The second-order valence-corrected chi connectivity index (χ2v) is 12.1. The number of carbonyl (C=O) groups is 4. The summed E-state index contributed by atoms with van der Waals surface area (Å²) in [6.07, 6.45) is 7.54. The van der Waals surface area contributed by atoms with Gasteiger partial charge in [-0.05, 0) is 53.4 Å². The molecule has 5 rings (SSSR count). The number of rotatable bonds is 12. The third kappa shape index (κ3) is 8.01. The molecule has 256 valence electrons. The molecule has 0 atom stereocenters. The molecule has 8 bridgehead atoms. The molecule has 12 nitrogen and oxygen atoms in total. The van der Waals surface area contributed by atoms with E-state index in [1.165, 1.54) is 0 Å². The van der Waals surface area contributed by atoms with Gasteiger partial charge < -0.3 is 40.4 Å². The molecule has 0 aromatic carbocycles. The summed E-state index contributed by atoms with van der Waals surface area (Å²) in [4.78, 5) is 65.9. The molecule has 0 aliphatic carbocycles. The van der Waals surface area contributed by atoms with Gasteiger partial charge in [0, 0.05) is 25.7 Å². The van der Waals surface area contributed by atoms with E-state index in [9.17, 15) is 39.6 Å². The van der Waals surface area contributed by atoms with Gasteiger partial charge in [-0.25, -0.2) is 0 Å². The van der Waals surface area contributed by atoms with Crippen LogP contribution in [0.2, 0.25) is 0 Å². The van der Waals surface area contributed by atoms with E-state index in [1.54, 1.807) is 24.3 Å². The Kier molecular flexibility index (Phi) is 11.3. The molecule has 0 spiro atoms. The van der Waals surface area contributed by atoms with Crippen molar-refractivity contribution < 1.29 is 56.7 Å². The Bertz CT molecular complexity index is 2060. The zero-order valence-corrected chi connectivity index (χ0v) is 28.6. The zero-order chi connectivity index (χ0) is 34.9. The van der Waals surface area contributed by atoms with Crippen molar-refractivity contribution in [2.24, 2.45) is 0 Å². The van der Waals surface area contributed by atoms with Crippen molar-refractivity contribution in [1.82, 2.24) is 19.9 Å². The van der Waals surface area contributed by atoms with E-state index in [0.29, 0.717) is 44.2 Å². The molecule has 49 heavy (non-hydrogen) atoms. The maximum absolute atomic E-state index is 11.6. The smallest absolute Gasteiger partial charge is 0.657 e. The van der Waals surface area contributed by atoms with Crippen molar-refractivity contribution in [2.75, 3.05) is 0 Å². The first-order valence-electron chi connectivity index (χ1n) is 15.6. The predicted molar refractivity (Wildman–Crippen MR) is 175 cm³/mol. The summed E-state index contributed by atoms with van der Waals surface area (Å²) in [6.45, 7) is 7.43. The van der Waals surface area contributed by atoms with Crippen molar-refractivity contribution in [3.8, 4) is 0 Å². The van der Waals surface area contributed by atoms with Crippen LogP contribution in [-0.4, -0.2) is 44.3 Å². The largest absolute Gasteiger partial charge is 4.00 e. The number of nitrogens with zero attached hydrogens (tertiary/aromatic N) is 4. The fourth-order valence-corrected chi connectivity index (χ4v) is 6.26. The monoisotopic (exact) mass is 708 g/mol. The van der Waals surface area contributed by atoms with E-state index in [-0.39, 0.29) is 68.4 Å². The quantitative estimate of drug-likeness (QED) is 0.130. The first-order valence-corrected chi connectivity index (χ1v) is 15.6. The van der Waals surface area contributed by atoms with E-state index in [2.05, 4.69) is 0 Å². The third-order valence-electron chi connectivity index (χ3n) is 9.00. The molecule has 0 fully saturated rings. The molecule has 1 aliphatic rings. The van der Waals surface area contributed by atoms with E-state index >= 15 is 0 Å². The van der Waals surface area contributed by atoms with Gasteiger partial charge in [0.1, 0.15) is 0 Å². The fraction of sp³-hybridized carbons (Fsp3) is 0.333. The maximum atomic E-state index is 11.6. The molecule has 0 saturated heterocycles. The second-order valence-electron chi connectivity index (χ2n) is 12.1. The summed E-state index contributed by atoms with van der Waals surface area (Å²) in [5, 5.41) is 40.1. The van der Waals surface area contributed by atoms with Gasteiger partial charge in [0.25, 0.3) is 0 Å². The van der Waals surface area contributed by atoms with Crippen molar-refractivity contribution in [2.45, 2.75) is 79.1 Å². The molecule has 0 amide bonds. The van der Waals surface area contributed by atoms with Crippen LogP contribution in [0.5, 0.6) is 0 Å². The Morgan fingerprint density at radius 1 is 0.429 bits per heavy atom. The van der Waals surface area contributed by atoms with Crippen LogP contribution in [0.1, 0.15) is 93.0 Å². The van der Waals surface area contributed by atoms with Gasteiger partial charge >= 0.3 is 40.9 Å². The maximum Gasteiger partial charge on any atom is 4.00 e. The van der Waals surface area contributed by atoms with Crippen molar-refractivity contribution >= 4 is 48.2 Å². The van der Waals surface area contributed by atoms with Crippen LogP contribution in [0.25, 0.3) is 24.3 Å². The summed E-state index contributed by atoms with van der Waals surface area (Å²) >= 11 is 0. The SMILES string of the molecule is Cc1c2[n-]c(c1CCC(=O)O)/C=c1\[n-]/c(c(CCC(=O)O)c1C)=C\c1[n-]c(c(CCC(=O)O)c1C)/C=c1\[n-]/c(c(CCC(=O)O)c1C)=C\2.[Fe+4]. The van der Waals surface area contributed by atoms with Crippen LogP contribution < -0.4 is 41.3 Å². The van der Waals surface area contributed by atoms with Gasteiger partial charge in [0.15, 0.2) is 0 Å². The number of fused-ring (bicyclic) bond motifs is 8. The number of aromatic nitrogens is 4. The van der Waals surface area contributed by atoms with Crippen LogP contribution in [0, 0.1) is 27.7 Å². The molecule has 0 unspecified atom stereocenters. The van der Waals surface area contributed by atoms with Gasteiger partial charge in [0.05, 0.1) is 0 Å². The van der Waals surface area contributed by atoms with Crippen molar-refractivity contribution in [3.63, 3.8) is 0 Å². The number of aliphatic carboxylic acids is 4. The fourth-order valence-electron chi connectivity index (χ4n) is 6.26. The van der Waals surface area contributed by atoms with Crippen LogP contribution in [0.15, 0.2) is 0 Å². The van der Waals surface area contributed by atoms with E-state index in [4.69, 9.17) is 19.9 Å². The normalized spacial score (nSPS) is 14.6. The molecule has 13 heteroatoms. The molecule has 0 radical (unpaired) electrons. The molecule has 4 aromatic heterocycles. The average Bonchev–Trinajstić information content (AvgIpc) is 3.66. The Morgan fingerprint density at radius 2 is 0.714 bits per heavy atom. The molecular formula is C36H36FeN4O8. The van der Waals surface area contributed by atoms with Gasteiger partial charge in [0.2, 0.25) is 0 Å². The average molecular weight is 709 g/mol. The third-order valence-corrected chi connectivity index (χ3v) is 9.00.